The van der Waals surface area contributed by atoms with Crippen molar-refractivity contribution in [3.63, 3.8) is 0 Å². The van der Waals surface area contributed by atoms with Gasteiger partial charge in [-0.05, 0) is 30.5 Å². The Morgan fingerprint density at radius 1 is 1.16 bits per heavy atom. The molecular formula is C16H22N2S. The molecule has 2 aromatic rings. The van der Waals surface area contributed by atoms with Crippen molar-refractivity contribution in [3.8, 4) is 0 Å². The summed E-state index contributed by atoms with van der Waals surface area (Å²) in [6.45, 7) is 5.44. The van der Waals surface area contributed by atoms with Crippen LogP contribution in [0.5, 0.6) is 0 Å². The zero-order valence-electron chi connectivity index (χ0n) is 11.7. The molecule has 0 aliphatic heterocycles. The van der Waals surface area contributed by atoms with Crippen molar-refractivity contribution in [2.75, 3.05) is 6.54 Å². The first-order valence-electron chi connectivity index (χ1n) is 7.05. The van der Waals surface area contributed by atoms with E-state index in [0.717, 1.165) is 19.4 Å². The summed E-state index contributed by atoms with van der Waals surface area (Å²) in [5, 5.41) is 3.61. The predicted molar refractivity (Wildman–Crippen MR) is 82.7 cm³/mol. The van der Waals surface area contributed by atoms with E-state index in [2.05, 4.69) is 48.4 Å². The second-order valence-corrected chi connectivity index (χ2v) is 5.70. The fraction of sp³-hybridized carbons (Fsp3) is 0.438. The van der Waals surface area contributed by atoms with E-state index in [9.17, 15) is 0 Å². The number of benzene rings is 1. The van der Waals surface area contributed by atoms with Crippen molar-refractivity contribution < 1.29 is 0 Å². The molecule has 0 bridgehead atoms. The molecule has 2 nitrogen and oxygen atoms in total. The summed E-state index contributed by atoms with van der Waals surface area (Å²) >= 11 is 1.72. The standard InChI is InChI=1S/C16H22N2S/c1-3-5-13-6-8-14(9-7-13)16(18-10-4-2)15-11-17-12-19-15/h6-9,11-12,16,18H,3-5,10H2,1-2H3. The average Bonchev–Trinajstić information content (AvgIpc) is 2.95. The van der Waals surface area contributed by atoms with E-state index in [1.54, 1.807) is 11.3 Å². The summed E-state index contributed by atoms with van der Waals surface area (Å²) in [6.07, 6.45) is 5.47. The molecule has 1 atom stereocenters. The highest BCUT2D eigenvalue weighted by Crippen LogP contribution is 2.25. The van der Waals surface area contributed by atoms with Gasteiger partial charge < -0.3 is 5.32 Å². The molecular weight excluding hydrogens is 252 g/mol. The van der Waals surface area contributed by atoms with Crippen molar-refractivity contribution >= 4 is 11.3 Å². The van der Waals surface area contributed by atoms with Crippen molar-refractivity contribution in [3.05, 3.63) is 52.0 Å². The van der Waals surface area contributed by atoms with Gasteiger partial charge in [-0.2, -0.15) is 0 Å². The third-order valence-electron chi connectivity index (χ3n) is 3.19. The summed E-state index contributed by atoms with van der Waals surface area (Å²) in [5.41, 5.74) is 4.66. The number of nitrogens with one attached hydrogen (secondary N) is 1. The van der Waals surface area contributed by atoms with Gasteiger partial charge in [-0.15, -0.1) is 11.3 Å². The smallest absolute Gasteiger partial charge is 0.0794 e. The zero-order valence-corrected chi connectivity index (χ0v) is 12.5. The molecule has 1 heterocycles. The van der Waals surface area contributed by atoms with Gasteiger partial charge in [-0.3, -0.25) is 4.98 Å². The summed E-state index contributed by atoms with van der Waals surface area (Å²) in [4.78, 5) is 5.49. The Morgan fingerprint density at radius 2 is 1.95 bits per heavy atom. The normalized spacial score (nSPS) is 12.5. The molecule has 0 fully saturated rings. The van der Waals surface area contributed by atoms with Crippen LogP contribution in [-0.2, 0) is 6.42 Å². The maximum atomic E-state index is 4.20. The highest BCUT2D eigenvalue weighted by molar-refractivity contribution is 7.09. The Balaban J connectivity index is 2.17. The molecule has 1 unspecified atom stereocenters. The van der Waals surface area contributed by atoms with E-state index >= 15 is 0 Å². The van der Waals surface area contributed by atoms with E-state index < -0.39 is 0 Å². The maximum absolute atomic E-state index is 4.20. The topological polar surface area (TPSA) is 24.9 Å². The summed E-state index contributed by atoms with van der Waals surface area (Å²) in [6, 6.07) is 9.28. The number of aromatic nitrogens is 1. The maximum Gasteiger partial charge on any atom is 0.0794 e. The Bertz CT molecular complexity index is 462. The van der Waals surface area contributed by atoms with Gasteiger partial charge in [0, 0.05) is 11.1 Å². The van der Waals surface area contributed by atoms with Crippen LogP contribution in [0.3, 0.4) is 0 Å². The first-order valence-corrected chi connectivity index (χ1v) is 7.93. The van der Waals surface area contributed by atoms with Crippen LogP contribution in [0, 0.1) is 0 Å². The number of nitrogens with zero attached hydrogens (tertiary/aromatic N) is 1. The molecule has 0 aliphatic rings. The summed E-state index contributed by atoms with van der Waals surface area (Å²) in [5.74, 6) is 0. The van der Waals surface area contributed by atoms with Crippen LogP contribution in [0.2, 0.25) is 0 Å². The van der Waals surface area contributed by atoms with Gasteiger partial charge in [0.25, 0.3) is 0 Å². The van der Waals surface area contributed by atoms with Crippen LogP contribution in [0.25, 0.3) is 0 Å². The molecule has 0 spiro atoms. The van der Waals surface area contributed by atoms with Gasteiger partial charge in [0.05, 0.1) is 11.6 Å². The lowest BCUT2D eigenvalue weighted by atomic mass is 10.0. The van der Waals surface area contributed by atoms with Crippen LogP contribution in [0.1, 0.15) is 48.7 Å². The van der Waals surface area contributed by atoms with Crippen LogP contribution >= 0.6 is 11.3 Å². The molecule has 0 aliphatic carbocycles. The molecule has 0 saturated heterocycles. The number of hydrogen-bond acceptors (Lipinski definition) is 3. The zero-order chi connectivity index (χ0) is 13.5. The largest absolute Gasteiger partial charge is 0.306 e. The minimum atomic E-state index is 0.281. The van der Waals surface area contributed by atoms with E-state index in [1.165, 1.54) is 22.4 Å². The van der Waals surface area contributed by atoms with Crippen LogP contribution in [0.4, 0.5) is 0 Å². The molecule has 0 amide bonds. The van der Waals surface area contributed by atoms with Crippen molar-refractivity contribution in [2.24, 2.45) is 0 Å². The number of thiazole rings is 1. The fourth-order valence-corrected chi connectivity index (χ4v) is 2.93. The summed E-state index contributed by atoms with van der Waals surface area (Å²) in [7, 11) is 0. The van der Waals surface area contributed by atoms with E-state index in [1.807, 2.05) is 11.7 Å². The van der Waals surface area contributed by atoms with Gasteiger partial charge >= 0.3 is 0 Å². The lowest BCUT2D eigenvalue weighted by Gasteiger charge is -2.17. The Hall–Kier alpha value is -1.19. The molecule has 2 rings (SSSR count). The Morgan fingerprint density at radius 3 is 2.53 bits per heavy atom. The van der Waals surface area contributed by atoms with Crippen LogP contribution in [0.15, 0.2) is 36.0 Å². The highest BCUT2D eigenvalue weighted by Gasteiger charge is 2.14. The van der Waals surface area contributed by atoms with Gasteiger partial charge in [0.15, 0.2) is 0 Å². The first kappa shape index (κ1) is 14.2. The minimum Gasteiger partial charge on any atom is -0.306 e. The molecule has 0 radical (unpaired) electrons. The van der Waals surface area contributed by atoms with Crippen molar-refractivity contribution in [2.45, 2.75) is 39.2 Å². The fourth-order valence-electron chi connectivity index (χ4n) is 2.20. The minimum absolute atomic E-state index is 0.281. The second-order valence-electron chi connectivity index (χ2n) is 4.78. The lowest BCUT2D eigenvalue weighted by molar-refractivity contribution is 0.605. The number of hydrogen-bond donors (Lipinski definition) is 1. The lowest BCUT2D eigenvalue weighted by Crippen LogP contribution is -2.22. The third-order valence-corrected chi connectivity index (χ3v) is 4.03. The van der Waals surface area contributed by atoms with Crippen molar-refractivity contribution in [1.82, 2.24) is 10.3 Å². The molecule has 1 aromatic carbocycles. The average molecular weight is 274 g/mol. The number of rotatable bonds is 7. The van der Waals surface area contributed by atoms with Crippen LogP contribution < -0.4 is 5.32 Å². The third kappa shape index (κ3) is 3.88. The molecule has 102 valence electrons. The molecule has 19 heavy (non-hydrogen) atoms. The van der Waals surface area contributed by atoms with Gasteiger partial charge in [0.2, 0.25) is 0 Å². The SMILES string of the molecule is CCCNC(c1ccc(CCC)cc1)c1cncs1. The first-order chi connectivity index (χ1) is 9.35. The van der Waals surface area contributed by atoms with Gasteiger partial charge in [0.1, 0.15) is 0 Å². The molecule has 1 aromatic heterocycles. The quantitative estimate of drug-likeness (QED) is 0.819. The van der Waals surface area contributed by atoms with Crippen LogP contribution in [-0.4, -0.2) is 11.5 Å². The Labute approximate surface area is 119 Å². The predicted octanol–water partition coefficient (Wildman–Crippen LogP) is 4.18. The van der Waals surface area contributed by atoms with E-state index in [-0.39, 0.29) is 6.04 Å². The summed E-state index contributed by atoms with van der Waals surface area (Å²) < 4.78 is 0. The van der Waals surface area contributed by atoms with Gasteiger partial charge in [-0.25, -0.2) is 0 Å². The van der Waals surface area contributed by atoms with E-state index in [0.29, 0.717) is 0 Å². The monoisotopic (exact) mass is 274 g/mol. The van der Waals surface area contributed by atoms with Gasteiger partial charge in [-0.1, -0.05) is 44.5 Å². The highest BCUT2D eigenvalue weighted by atomic mass is 32.1. The second kappa shape index (κ2) is 7.41. The Kier molecular flexibility index (Phi) is 5.55. The van der Waals surface area contributed by atoms with E-state index in [4.69, 9.17) is 0 Å². The van der Waals surface area contributed by atoms with Crippen molar-refractivity contribution in [1.29, 1.82) is 0 Å². The number of aryl methyl sites for hydroxylation is 1. The molecule has 1 N–H and O–H groups in total. The molecule has 3 heteroatoms. The molecule has 0 saturated carbocycles.